The summed E-state index contributed by atoms with van der Waals surface area (Å²) in [7, 11) is 0. The number of hydrogen-bond acceptors (Lipinski definition) is 2. The minimum Gasteiger partial charge on any atom is -0.330 e. The molecule has 1 atom stereocenters. The second-order valence-corrected chi connectivity index (χ2v) is 5.19. The lowest BCUT2D eigenvalue weighted by molar-refractivity contribution is 0.119. The summed E-state index contributed by atoms with van der Waals surface area (Å²) in [5.74, 6) is 0.771. The maximum Gasteiger partial charge on any atom is 0.0150 e. The molecule has 0 spiro atoms. The maximum atomic E-state index is 5.74. The summed E-state index contributed by atoms with van der Waals surface area (Å²) >= 11 is 0. The Morgan fingerprint density at radius 1 is 1.29 bits per heavy atom. The van der Waals surface area contributed by atoms with Crippen molar-refractivity contribution in [1.29, 1.82) is 0 Å². The summed E-state index contributed by atoms with van der Waals surface area (Å²) in [5.41, 5.74) is 6.12. The van der Waals surface area contributed by atoms with Crippen molar-refractivity contribution < 1.29 is 0 Å². The Kier molecular flexibility index (Phi) is 4.39. The summed E-state index contributed by atoms with van der Waals surface area (Å²) in [6.45, 7) is 10.4. The minimum absolute atomic E-state index is 0.378. The van der Waals surface area contributed by atoms with E-state index in [1.807, 2.05) is 0 Å². The topological polar surface area (TPSA) is 29.3 Å². The van der Waals surface area contributed by atoms with E-state index < -0.39 is 0 Å². The monoisotopic (exact) mass is 198 g/mol. The molecule has 0 aromatic carbocycles. The molecule has 2 heteroatoms. The molecule has 1 aliphatic heterocycles. The van der Waals surface area contributed by atoms with Crippen molar-refractivity contribution in [3.63, 3.8) is 0 Å². The lowest BCUT2D eigenvalue weighted by Crippen LogP contribution is -2.44. The Bertz CT molecular complexity index is 166. The molecule has 84 valence electrons. The van der Waals surface area contributed by atoms with Gasteiger partial charge in [0.1, 0.15) is 0 Å². The van der Waals surface area contributed by atoms with Crippen LogP contribution in [-0.2, 0) is 0 Å². The molecule has 0 radical (unpaired) electrons. The summed E-state index contributed by atoms with van der Waals surface area (Å²) in [6, 6.07) is 0. The molecule has 0 amide bonds. The third-order valence-corrected chi connectivity index (χ3v) is 3.90. The Morgan fingerprint density at radius 3 is 2.57 bits per heavy atom. The molecule has 1 unspecified atom stereocenters. The Labute approximate surface area is 88.8 Å². The molecule has 1 rings (SSSR count). The zero-order chi connectivity index (χ0) is 10.6. The second kappa shape index (κ2) is 5.13. The van der Waals surface area contributed by atoms with Gasteiger partial charge in [-0.3, -0.25) is 4.90 Å². The van der Waals surface area contributed by atoms with Crippen LogP contribution in [0.3, 0.4) is 0 Å². The summed E-state index contributed by atoms with van der Waals surface area (Å²) in [4.78, 5) is 2.64. The molecule has 0 aromatic heterocycles. The van der Waals surface area contributed by atoms with Gasteiger partial charge in [-0.1, -0.05) is 6.92 Å². The van der Waals surface area contributed by atoms with Crippen molar-refractivity contribution in [1.82, 2.24) is 4.90 Å². The SMILES string of the molecule is CCC(C)(C)N1CCCC(CN)CC1. The van der Waals surface area contributed by atoms with Crippen molar-refractivity contribution in [2.24, 2.45) is 11.7 Å². The molecule has 0 aliphatic carbocycles. The van der Waals surface area contributed by atoms with Crippen molar-refractivity contribution in [3.8, 4) is 0 Å². The average Bonchev–Trinajstić information content (AvgIpc) is 2.42. The third-order valence-electron chi connectivity index (χ3n) is 3.90. The molecule has 0 saturated carbocycles. The van der Waals surface area contributed by atoms with Crippen LogP contribution in [0, 0.1) is 5.92 Å². The normalized spacial score (nSPS) is 26.1. The molecule has 2 N–H and O–H groups in total. The fourth-order valence-electron chi connectivity index (χ4n) is 2.23. The van der Waals surface area contributed by atoms with E-state index in [1.54, 1.807) is 0 Å². The fraction of sp³-hybridized carbons (Fsp3) is 1.00. The van der Waals surface area contributed by atoms with Crippen LogP contribution in [0.5, 0.6) is 0 Å². The van der Waals surface area contributed by atoms with Crippen LogP contribution in [0.15, 0.2) is 0 Å². The molecule has 1 heterocycles. The fourth-order valence-corrected chi connectivity index (χ4v) is 2.23. The van der Waals surface area contributed by atoms with E-state index in [1.165, 1.54) is 38.8 Å². The van der Waals surface area contributed by atoms with Gasteiger partial charge in [-0.25, -0.2) is 0 Å². The Hall–Kier alpha value is -0.0800. The Morgan fingerprint density at radius 2 is 2.00 bits per heavy atom. The zero-order valence-electron chi connectivity index (χ0n) is 10.1. The van der Waals surface area contributed by atoms with E-state index >= 15 is 0 Å². The quantitative estimate of drug-likeness (QED) is 0.753. The van der Waals surface area contributed by atoms with E-state index in [9.17, 15) is 0 Å². The molecule has 0 aromatic rings. The summed E-state index contributed by atoms with van der Waals surface area (Å²) in [5, 5.41) is 0. The van der Waals surface area contributed by atoms with Gasteiger partial charge < -0.3 is 5.73 Å². The maximum absolute atomic E-state index is 5.74. The number of hydrogen-bond donors (Lipinski definition) is 1. The highest BCUT2D eigenvalue weighted by atomic mass is 15.2. The van der Waals surface area contributed by atoms with Crippen LogP contribution in [-0.4, -0.2) is 30.1 Å². The highest BCUT2D eigenvalue weighted by molar-refractivity contribution is 4.82. The van der Waals surface area contributed by atoms with Crippen LogP contribution in [0.1, 0.15) is 46.5 Å². The molecule has 1 aliphatic rings. The van der Waals surface area contributed by atoms with Gasteiger partial charge in [0.25, 0.3) is 0 Å². The predicted molar refractivity (Wildman–Crippen MR) is 62.3 cm³/mol. The van der Waals surface area contributed by atoms with Gasteiger partial charge in [0.2, 0.25) is 0 Å². The lowest BCUT2D eigenvalue weighted by atomic mass is 9.98. The zero-order valence-corrected chi connectivity index (χ0v) is 10.1. The van der Waals surface area contributed by atoms with Gasteiger partial charge >= 0.3 is 0 Å². The first-order valence-corrected chi connectivity index (χ1v) is 6.05. The van der Waals surface area contributed by atoms with Gasteiger partial charge in [0, 0.05) is 5.54 Å². The predicted octanol–water partition coefficient (Wildman–Crippen LogP) is 2.24. The van der Waals surface area contributed by atoms with Gasteiger partial charge in [-0.05, 0) is 65.1 Å². The van der Waals surface area contributed by atoms with Crippen LogP contribution in [0.25, 0.3) is 0 Å². The number of rotatable bonds is 3. The standard InChI is InChI=1S/C12H26N2/c1-4-12(2,3)14-8-5-6-11(10-13)7-9-14/h11H,4-10,13H2,1-3H3. The molecule has 1 saturated heterocycles. The van der Waals surface area contributed by atoms with Crippen LogP contribution >= 0.6 is 0 Å². The van der Waals surface area contributed by atoms with E-state index in [-0.39, 0.29) is 0 Å². The molecule has 14 heavy (non-hydrogen) atoms. The number of nitrogens with zero attached hydrogens (tertiary/aromatic N) is 1. The second-order valence-electron chi connectivity index (χ2n) is 5.19. The first-order chi connectivity index (χ1) is 6.60. The van der Waals surface area contributed by atoms with Crippen molar-refractivity contribution in [2.75, 3.05) is 19.6 Å². The van der Waals surface area contributed by atoms with Gasteiger partial charge in [-0.15, -0.1) is 0 Å². The highest BCUT2D eigenvalue weighted by Gasteiger charge is 2.26. The summed E-state index contributed by atoms with van der Waals surface area (Å²) < 4.78 is 0. The molecule has 1 fully saturated rings. The van der Waals surface area contributed by atoms with Crippen LogP contribution < -0.4 is 5.73 Å². The molecule has 0 bridgehead atoms. The van der Waals surface area contributed by atoms with Crippen molar-refractivity contribution >= 4 is 0 Å². The molecular weight excluding hydrogens is 172 g/mol. The van der Waals surface area contributed by atoms with E-state index in [4.69, 9.17) is 5.73 Å². The van der Waals surface area contributed by atoms with Crippen LogP contribution in [0.2, 0.25) is 0 Å². The smallest absolute Gasteiger partial charge is 0.0150 e. The Balaban J connectivity index is 2.49. The minimum atomic E-state index is 0.378. The number of likely N-dealkylation sites (tertiary alicyclic amines) is 1. The average molecular weight is 198 g/mol. The lowest BCUT2D eigenvalue weighted by Gasteiger charge is -2.37. The highest BCUT2D eigenvalue weighted by Crippen LogP contribution is 2.24. The first-order valence-electron chi connectivity index (χ1n) is 6.05. The molecular formula is C12H26N2. The first kappa shape index (κ1) is 12.0. The molecule has 2 nitrogen and oxygen atoms in total. The van der Waals surface area contributed by atoms with E-state index in [0.717, 1.165) is 12.5 Å². The van der Waals surface area contributed by atoms with Gasteiger partial charge in [0.15, 0.2) is 0 Å². The third kappa shape index (κ3) is 2.96. The van der Waals surface area contributed by atoms with Gasteiger partial charge in [0.05, 0.1) is 0 Å². The summed E-state index contributed by atoms with van der Waals surface area (Å²) in [6.07, 6.45) is 5.18. The van der Waals surface area contributed by atoms with Crippen molar-refractivity contribution in [3.05, 3.63) is 0 Å². The van der Waals surface area contributed by atoms with Gasteiger partial charge in [-0.2, -0.15) is 0 Å². The van der Waals surface area contributed by atoms with Crippen molar-refractivity contribution in [2.45, 2.75) is 52.0 Å². The van der Waals surface area contributed by atoms with E-state index in [0.29, 0.717) is 5.54 Å². The largest absolute Gasteiger partial charge is 0.330 e. The van der Waals surface area contributed by atoms with E-state index in [2.05, 4.69) is 25.7 Å². The van der Waals surface area contributed by atoms with Crippen LogP contribution in [0.4, 0.5) is 0 Å². The number of nitrogens with two attached hydrogens (primary N) is 1.